The summed E-state index contributed by atoms with van der Waals surface area (Å²) < 4.78 is 0. The van der Waals surface area contributed by atoms with E-state index < -0.39 is 34.1 Å². The minimum absolute atomic E-state index is 0.109. The average molecular weight is 548 g/mol. The molecule has 4 heterocycles. The molecule has 1 aromatic heterocycles. The summed E-state index contributed by atoms with van der Waals surface area (Å²) in [7, 11) is 0. The number of non-ortho nitro benzene ring substituents is 1. The Bertz CT molecular complexity index is 1760. The van der Waals surface area contributed by atoms with E-state index in [1.807, 2.05) is 53.4 Å². The number of hydrogen-bond acceptors (Lipinski definition) is 7. The van der Waals surface area contributed by atoms with E-state index in [2.05, 4.69) is 5.32 Å². The number of rotatable bonds is 5. The Morgan fingerprint density at radius 2 is 1.75 bits per heavy atom. The summed E-state index contributed by atoms with van der Waals surface area (Å²) >= 11 is 1.26. The molecule has 4 aromatic rings. The van der Waals surface area contributed by atoms with Gasteiger partial charge in [0.1, 0.15) is 11.5 Å². The smallest absolute Gasteiger partial charge is 0.270 e. The third kappa shape index (κ3) is 3.21. The number of anilines is 1. The van der Waals surface area contributed by atoms with Gasteiger partial charge in [0, 0.05) is 29.6 Å². The van der Waals surface area contributed by atoms with Gasteiger partial charge in [-0.05, 0) is 40.3 Å². The normalized spacial score (nSPS) is 23.9. The minimum atomic E-state index is -1.43. The predicted molar refractivity (Wildman–Crippen MR) is 150 cm³/mol. The molecule has 0 aliphatic carbocycles. The van der Waals surface area contributed by atoms with Crippen molar-refractivity contribution in [3.63, 3.8) is 0 Å². The van der Waals surface area contributed by atoms with Crippen molar-refractivity contribution in [1.29, 1.82) is 0 Å². The van der Waals surface area contributed by atoms with Crippen LogP contribution < -0.4 is 5.32 Å². The molecule has 7 rings (SSSR count). The number of hydrogen-bond donors (Lipinski definition) is 1. The van der Waals surface area contributed by atoms with E-state index in [-0.39, 0.29) is 22.9 Å². The minimum Gasteiger partial charge on any atom is -0.358 e. The van der Waals surface area contributed by atoms with Gasteiger partial charge in [0.05, 0.1) is 21.8 Å². The number of amides is 1. The lowest BCUT2D eigenvalue weighted by Crippen LogP contribution is -2.49. The molecule has 4 atom stereocenters. The van der Waals surface area contributed by atoms with Gasteiger partial charge in [0.15, 0.2) is 11.6 Å². The van der Waals surface area contributed by atoms with Gasteiger partial charge in [-0.3, -0.25) is 24.5 Å². The second-order valence-corrected chi connectivity index (χ2v) is 11.0. The lowest BCUT2D eigenvalue weighted by molar-refractivity contribution is -0.384. The summed E-state index contributed by atoms with van der Waals surface area (Å²) in [5, 5.41) is 16.3. The van der Waals surface area contributed by atoms with Crippen molar-refractivity contribution >= 4 is 46.3 Å². The highest BCUT2D eigenvalue weighted by molar-refractivity contribution is 7.12. The molecule has 8 nitrogen and oxygen atoms in total. The first-order chi connectivity index (χ1) is 19.4. The molecule has 0 radical (unpaired) electrons. The number of Topliss-reactive ketones (excluding diaryl/α,β-unsaturated/α-hetero) is 2. The molecule has 1 fully saturated rings. The monoisotopic (exact) mass is 547 g/mol. The quantitative estimate of drug-likeness (QED) is 0.197. The maximum Gasteiger partial charge on any atom is 0.270 e. The number of ketones is 2. The second-order valence-electron chi connectivity index (χ2n) is 10.1. The second kappa shape index (κ2) is 8.82. The van der Waals surface area contributed by atoms with Gasteiger partial charge in [0.2, 0.25) is 5.91 Å². The Hall–Kier alpha value is -4.89. The maximum absolute atomic E-state index is 14.5. The van der Waals surface area contributed by atoms with Crippen molar-refractivity contribution in [1.82, 2.24) is 4.90 Å². The van der Waals surface area contributed by atoms with Crippen LogP contribution in [-0.2, 0) is 10.2 Å². The average Bonchev–Trinajstić information content (AvgIpc) is 3.69. The number of carbonyl (C=O) groups is 3. The van der Waals surface area contributed by atoms with Gasteiger partial charge in [-0.2, -0.15) is 0 Å². The maximum atomic E-state index is 14.5. The molecular weight excluding hydrogens is 526 g/mol. The van der Waals surface area contributed by atoms with Crippen LogP contribution in [0.1, 0.15) is 42.8 Å². The standard InChI is InChI=1S/C31H21N3O5S/c35-27(19-8-5-9-20(17-19)34(38)39)26-25(28(36)24-13-6-16-40-24)31(22-11-3-4-12-23(22)32-30(31)37)29-21-10-2-1-7-18(21)14-15-33(26)29/h1-17,25-26,29H,(H,32,37)/t25-,26-,29+,31+/m0/s1. The lowest BCUT2D eigenvalue weighted by atomic mass is 9.63. The van der Waals surface area contributed by atoms with E-state index in [1.54, 1.807) is 29.8 Å². The molecule has 3 aromatic carbocycles. The van der Waals surface area contributed by atoms with Crippen molar-refractivity contribution < 1.29 is 19.3 Å². The van der Waals surface area contributed by atoms with Crippen LogP contribution in [0.3, 0.4) is 0 Å². The van der Waals surface area contributed by atoms with Crippen LogP contribution in [-0.4, -0.2) is 33.3 Å². The first kappa shape index (κ1) is 24.2. The van der Waals surface area contributed by atoms with Crippen LogP contribution in [0.2, 0.25) is 0 Å². The highest BCUT2D eigenvalue weighted by atomic mass is 32.1. The molecule has 40 heavy (non-hydrogen) atoms. The van der Waals surface area contributed by atoms with Crippen LogP contribution in [0.15, 0.2) is 96.5 Å². The van der Waals surface area contributed by atoms with E-state index >= 15 is 0 Å². The van der Waals surface area contributed by atoms with Gasteiger partial charge in [-0.15, -0.1) is 11.3 Å². The van der Waals surface area contributed by atoms with E-state index in [4.69, 9.17) is 0 Å². The first-order valence-electron chi connectivity index (χ1n) is 12.7. The molecule has 0 saturated carbocycles. The molecule has 9 heteroatoms. The predicted octanol–water partition coefficient (Wildman–Crippen LogP) is 5.64. The van der Waals surface area contributed by atoms with Gasteiger partial charge in [0.25, 0.3) is 5.69 Å². The fourth-order valence-corrected chi connectivity index (χ4v) is 7.39. The van der Waals surface area contributed by atoms with Crippen molar-refractivity contribution in [2.24, 2.45) is 5.92 Å². The van der Waals surface area contributed by atoms with Crippen molar-refractivity contribution in [2.75, 3.05) is 5.32 Å². The summed E-state index contributed by atoms with van der Waals surface area (Å²) in [4.78, 5) is 56.6. The SMILES string of the molecule is O=C(c1cccc([N+](=O)[O-])c1)[C@@H]1[C@@H](C(=O)c2cccs2)[C@@]2(C(=O)Nc3ccccc32)[C@H]2c3ccccc3C=CN12. The van der Waals surface area contributed by atoms with Crippen LogP contribution in [0, 0.1) is 16.0 Å². The summed E-state index contributed by atoms with van der Waals surface area (Å²) in [6, 6.07) is 22.2. The molecule has 196 valence electrons. The number of nitrogens with zero attached hydrogens (tertiary/aromatic N) is 2. The van der Waals surface area contributed by atoms with Crippen molar-refractivity contribution in [2.45, 2.75) is 17.5 Å². The number of carbonyl (C=O) groups excluding carboxylic acids is 3. The molecule has 3 aliphatic heterocycles. The summed E-state index contributed by atoms with van der Waals surface area (Å²) in [6.45, 7) is 0. The highest BCUT2D eigenvalue weighted by Gasteiger charge is 2.70. The third-order valence-corrected chi connectivity index (χ3v) is 9.11. The number of thiophene rings is 1. The van der Waals surface area contributed by atoms with Crippen LogP contribution >= 0.6 is 11.3 Å². The fourth-order valence-electron chi connectivity index (χ4n) is 6.68. The molecular formula is C31H21N3O5S. The summed E-state index contributed by atoms with van der Waals surface area (Å²) in [6.07, 6.45) is 3.66. The molecule has 1 amide bonds. The molecule has 0 unspecified atom stereocenters. The van der Waals surface area contributed by atoms with E-state index in [1.165, 1.54) is 35.6 Å². The molecule has 3 aliphatic rings. The van der Waals surface area contributed by atoms with E-state index in [0.29, 0.717) is 16.1 Å². The zero-order valence-corrected chi connectivity index (χ0v) is 21.7. The van der Waals surface area contributed by atoms with Gasteiger partial charge in [-0.1, -0.05) is 60.7 Å². The number of para-hydroxylation sites is 1. The lowest BCUT2D eigenvalue weighted by Gasteiger charge is -2.38. The zero-order valence-electron chi connectivity index (χ0n) is 20.9. The van der Waals surface area contributed by atoms with Crippen LogP contribution in [0.5, 0.6) is 0 Å². The Morgan fingerprint density at radius 1 is 0.950 bits per heavy atom. The number of fused-ring (bicyclic) bond motifs is 6. The topological polar surface area (TPSA) is 110 Å². The number of benzene rings is 3. The Balaban J connectivity index is 1.53. The number of nitro groups is 1. The summed E-state index contributed by atoms with van der Waals surface area (Å²) in [5.41, 5.74) is 1.44. The molecule has 1 spiro atoms. The Labute approximate surface area is 232 Å². The summed E-state index contributed by atoms with van der Waals surface area (Å²) in [5.74, 6) is -2.23. The van der Waals surface area contributed by atoms with E-state index in [9.17, 15) is 24.5 Å². The van der Waals surface area contributed by atoms with Gasteiger partial charge in [-0.25, -0.2) is 0 Å². The van der Waals surface area contributed by atoms with Gasteiger partial charge < -0.3 is 10.2 Å². The van der Waals surface area contributed by atoms with Crippen molar-refractivity contribution in [3.05, 3.63) is 134 Å². The number of nitro benzene ring substituents is 1. The molecule has 0 bridgehead atoms. The number of nitrogens with one attached hydrogen (secondary N) is 1. The Morgan fingerprint density at radius 3 is 2.55 bits per heavy atom. The van der Waals surface area contributed by atoms with Crippen molar-refractivity contribution in [3.8, 4) is 0 Å². The molecule has 1 saturated heterocycles. The van der Waals surface area contributed by atoms with Gasteiger partial charge >= 0.3 is 0 Å². The first-order valence-corrected chi connectivity index (χ1v) is 13.6. The highest BCUT2D eigenvalue weighted by Crippen LogP contribution is 2.62. The van der Waals surface area contributed by atoms with Crippen LogP contribution in [0.4, 0.5) is 11.4 Å². The van der Waals surface area contributed by atoms with E-state index in [0.717, 1.165) is 11.1 Å². The zero-order chi connectivity index (χ0) is 27.6. The largest absolute Gasteiger partial charge is 0.358 e. The Kier molecular flexibility index (Phi) is 5.33. The molecule has 1 N–H and O–H groups in total. The van der Waals surface area contributed by atoms with Crippen LogP contribution in [0.25, 0.3) is 6.08 Å². The fraction of sp³-hybridized carbons (Fsp3) is 0.129. The third-order valence-electron chi connectivity index (χ3n) is 8.23.